The minimum Gasteiger partial charge on any atom is -0.384 e. The Labute approximate surface area is 118 Å². The highest BCUT2D eigenvalue weighted by Gasteiger charge is 2.32. The second kappa shape index (κ2) is 6.53. The van der Waals surface area contributed by atoms with Gasteiger partial charge in [0.2, 0.25) is 0 Å². The number of hydrogen-bond donors (Lipinski definition) is 1. The van der Waals surface area contributed by atoms with Crippen molar-refractivity contribution in [3.63, 3.8) is 0 Å². The van der Waals surface area contributed by atoms with E-state index in [-0.39, 0.29) is 18.1 Å². The van der Waals surface area contributed by atoms with E-state index < -0.39 is 5.82 Å². The van der Waals surface area contributed by atoms with Crippen molar-refractivity contribution in [2.45, 2.75) is 32.2 Å². The Bertz CT molecular complexity index is 555. The Balaban J connectivity index is 2.19. The number of halogens is 1. The Morgan fingerprint density at radius 3 is 2.80 bits per heavy atom. The van der Waals surface area contributed by atoms with Gasteiger partial charge in [0.15, 0.2) is 0 Å². The molecular weight excluding hydrogens is 257 g/mol. The van der Waals surface area contributed by atoms with Crippen LogP contribution in [0.5, 0.6) is 0 Å². The quantitative estimate of drug-likeness (QED) is 0.856. The number of nitrogens with zero attached hydrogens (tertiary/aromatic N) is 1. The molecule has 1 fully saturated rings. The van der Waals surface area contributed by atoms with E-state index in [0.29, 0.717) is 18.2 Å². The van der Waals surface area contributed by atoms with Gasteiger partial charge in [-0.2, -0.15) is 0 Å². The number of carbonyl (C=O) groups excluding carboxylic acids is 1. The van der Waals surface area contributed by atoms with E-state index in [1.54, 1.807) is 6.07 Å². The zero-order valence-corrected chi connectivity index (χ0v) is 11.5. The zero-order chi connectivity index (χ0) is 14.5. The summed E-state index contributed by atoms with van der Waals surface area (Å²) < 4.78 is 13.8. The second-order valence-corrected chi connectivity index (χ2v) is 4.88. The molecule has 4 heteroatoms. The van der Waals surface area contributed by atoms with Gasteiger partial charge in [0.05, 0.1) is 5.56 Å². The van der Waals surface area contributed by atoms with Gasteiger partial charge >= 0.3 is 0 Å². The molecule has 0 unspecified atom stereocenters. The summed E-state index contributed by atoms with van der Waals surface area (Å²) in [6.07, 6.45) is 2.97. The molecule has 1 aromatic carbocycles. The molecule has 0 bridgehead atoms. The summed E-state index contributed by atoms with van der Waals surface area (Å²) in [4.78, 5) is 14.2. The average Bonchev–Trinajstić information content (AvgIpc) is 3.27. The van der Waals surface area contributed by atoms with Crippen LogP contribution in [0.15, 0.2) is 18.2 Å². The minimum atomic E-state index is -0.524. The highest BCUT2D eigenvalue weighted by atomic mass is 19.1. The van der Waals surface area contributed by atoms with Gasteiger partial charge in [0, 0.05) is 18.2 Å². The molecular formula is C16H18FNO2. The molecule has 106 valence electrons. The minimum absolute atomic E-state index is 0.116. The maximum absolute atomic E-state index is 13.8. The van der Waals surface area contributed by atoms with Crippen LogP contribution in [0.1, 0.15) is 42.1 Å². The third kappa shape index (κ3) is 3.37. The molecule has 3 nitrogen and oxygen atoms in total. The van der Waals surface area contributed by atoms with E-state index in [9.17, 15) is 9.18 Å². The number of aliphatic hydroxyl groups excluding tert-OH is 1. The van der Waals surface area contributed by atoms with Gasteiger partial charge in [0.1, 0.15) is 12.4 Å². The predicted octanol–water partition coefficient (Wildman–Crippen LogP) is 2.18. The molecule has 0 radical (unpaired) electrons. The van der Waals surface area contributed by atoms with Crippen molar-refractivity contribution in [3.8, 4) is 11.8 Å². The summed E-state index contributed by atoms with van der Waals surface area (Å²) in [6.45, 7) is 2.42. The first kappa shape index (κ1) is 14.5. The van der Waals surface area contributed by atoms with E-state index in [1.165, 1.54) is 12.1 Å². The number of carbonyl (C=O) groups is 1. The number of hydrogen-bond acceptors (Lipinski definition) is 2. The van der Waals surface area contributed by atoms with E-state index in [2.05, 4.69) is 11.8 Å². The third-order valence-electron chi connectivity index (χ3n) is 3.23. The standard InChI is InChI=1S/C16H18FNO2/c1-2-9-18(14-7-8-14)16(20)13-6-5-12(4-3-10-19)15(17)11-13/h5-6,11,14,19H,2,7-10H2,1H3. The van der Waals surface area contributed by atoms with Crippen molar-refractivity contribution in [2.24, 2.45) is 0 Å². The molecule has 2 rings (SSSR count). The molecule has 20 heavy (non-hydrogen) atoms. The van der Waals surface area contributed by atoms with Gasteiger partial charge < -0.3 is 10.0 Å². The maximum Gasteiger partial charge on any atom is 0.254 e. The average molecular weight is 275 g/mol. The lowest BCUT2D eigenvalue weighted by Crippen LogP contribution is -2.33. The largest absolute Gasteiger partial charge is 0.384 e. The van der Waals surface area contributed by atoms with Crippen LogP contribution in [0.3, 0.4) is 0 Å². The van der Waals surface area contributed by atoms with E-state index in [1.807, 2.05) is 11.8 Å². The Morgan fingerprint density at radius 2 is 2.25 bits per heavy atom. The lowest BCUT2D eigenvalue weighted by Gasteiger charge is -2.21. The first-order valence-corrected chi connectivity index (χ1v) is 6.87. The first-order chi connectivity index (χ1) is 9.67. The lowest BCUT2D eigenvalue weighted by molar-refractivity contribution is 0.0742. The number of benzene rings is 1. The fourth-order valence-electron chi connectivity index (χ4n) is 2.13. The number of aliphatic hydroxyl groups is 1. The molecule has 0 saturated heterocycles. The molecule has 0 aliphatic heterocycles. The van der Waals surface area contributed by atoms with Crippen molar-refractivity contribution in [2.75, 3.05) is 13.2 Å². The molecule has 1 amide bonds. The highest BCUT2D eigenvalue weighted by molar-refractivity contribution is 5.94. The summed E-state index contributed by atoms with van der Waals surface area (Å²) in [7, 11) is 0. The van der Waals surface area contributed by atoms with Crippen molar-refractivity contribution in [1.29, 1.82) is 0 Å². The van der Waals surface area contributed by atoms with E-state index in [4.69, 9.17) is 5.11 Å². The van der Waals surface area contributed by atoms with Crippen molar-refractivity contribution in [3.05, 3.63) is 35.1 Å². The molecule has 0 atom stereocenters. The van der Waals surface area contributed by atoms with Gasteiger partial charge in [0.25, 0.3) is 5.91 Å². The predicted molar refractivity (Wildman–Crippen MR) is 74.7 cm³/mol. The van der Waals surface area contributed by atoms with E-state index in [0.717, 1.165) is 19.3 Å². The van der Waals surface area contributed by atoms with Crippen molar-refractivity contribution >= 4 is 5.91 Å². The summed E-state index contributed by atoms with van der Waals surface area (Å²) in [6, 6.07) is 4.63. The molecule has 1 aromatic rings. The molecule has 1 aliphatic rings. The van der Waals surface area contributed by atoms with Gasteiger partial charge in [-0.1, -0.05) is 18.8 Å². The van der Waals surface area contributed by atoms with Crippen LogP contribution >= 0.6 is 0 Å². The van der Waals surface area contributed by atoms with E-state index >= 15 is 0 Å². The van der Waals surface area contributed by atoms with Crippen LogP contribution in [0, 0.1) is 17.7 Å². The van der Waals surface area contributed by atoms with Crippen LogP contribution < -0.4 is 0 Å². The normalized spacial score (nSPS) is 13.6. The maximum atomic E-state index is 13.8. The van der Waals surface area contributed by atoms with Crippen LogP contribution in [0.25, 0.3) is 0 Å². The summed E-state index contributed by atoms with van der Waals surface area (Å²) in [5.74, 6) is 4.27. The fraction of sp³-hybridized carbons (Fsp3) is 0.438. The van der Waals surface area contributed by atoms with Gasteiger partial charge in [-0.15, -0.1) is 0 Å². The summed E-state index contributed by atoms with van der Waals surface area (Å²) in [5, 5.41) is 8.60. The van der Waals surface area contributed by atoms with Gasteiger partial charge in [-0.05, 0) is 37.5 Å². The molecule has 0 heterocycles. The monoisotopic (exact) mass is 275 g/mol. The number of rotatable bonds is 4. The van der Waals surface area contributed by atoms with Crippen LogP contribution in [-0.4, -0.2) is 35.1 Å². The molecule has 0 aromatic heterocycles. The Kier molecular flexibility index (Phi) is 4.75. The number of amides is 1. The molecule has 1 N–H and O–H groups in total. The Morgan fingerprint density at radius 1 is 1.50 bits per heavy atom. The SMILES string of the molecule is CCCN(C(=O)c1ccc(C#CCO)c(F)c1)C1CC1. The second-order valence-electron chi connectivity index (χ2n) is 4.88. The molecule has 0 spiro atoms. The Hall–Kier alpha value is -1.86. The first-order valence-electron chi connectivity index (χ1n) is 6.87. The molecule has 1 aliphatic carbocycles. The van der Waals surface area contributed by atoms with Crippen LogP contribution in [0.4, 0.5) is 4.39 Å². The third-order valence-corrected chi connectivity index (χ3v) is 3.23. The van der Waals surface area contributed by atoms with Crippen LogP contribution in [-0.2, 0) is 0 Å². The van der Waals surface area contributed by atoms with Crippen molar-refractivity contribution in [1.82, 2.24) is 4.90 Å². The highest BCUT2D eigenvalue weighted by Crippen LogP contribution is 2.28. The van der Waals surface area contributed by atoms with Gasteiger partial charge in [-0.25, -0.2) is 4.39 Å². The van der Waals surface area contributed by atoms with Gasteiger partial charge in [-0.3, -0.25) is 4.79 Å². The van der Waals surface area contributed by atoms with Crippen molar-refractivity contribution < 1.29 is 14.3 Å². The smallest absolute Gasteiger partial charge is 0.254 e. The summed E-state index contributed by atoms with van der Waals surface area (Å²) in [5.41, 5.74) is 0.557. The summed E-state index contributed by atoms with van der Waals surface area (Å²) >= 11 is 0. The topological polar surface area (TPSA) is 40.5 Å². The fourth-order valence-corrected chi connectivity index (χ4v) is 2.13. The molecule has 1 saturated carbocycles. The zero-order valence-electron chi connectivity index (χ0n) is 11.5. The van der Waals surface area contributed by atoms with Crippen LogP contribution in [0.2, 0.25) is 0 Å². The lowest BCUT2D eigenvalue weighted by atomic mass is 10.1.